The second-order valence-electron chi connectivity index (χ2n) is 4.80. The molecule has 0 aliphatic carbocycles. The van der Waals surface area contributed by atoms with Crippen LogP contribution >= 0.6 is 0 Å². The molecule has 0 fully saturated rings. The monoisotopic (exact) mass is 333 g/mol. The van der Waals surface area contributed by atoms with E-state index in [1.807, 2.05) is 6.07 Å². The second-order valence-corrected chi connectivity index (χ2v) is 4.80. The summed E-state index contributed by atoms with van der Waals surface area (Å²) in [5.74, 6) is 0.549. The molecule has 6 heteroatoms. The van der Waals surface area contributed by atoms with E-state index in [9.17, 15) is 9.59 Å². The summed E-state index contributed by atoms with van der Waals surface area (Å²) in [4.78, 5) is 22.8. The molecule has 1 aromatic carbocycles. The molecule has 0 bridgehead atoms. The summed E-state index contributed by atoms with van der Waals surface area (Å²) in [6.07, 6.45) is 6.70. The molecule has 1 aromatic rings. The topological polar surface area (TPSA) is 73.9 Å². The Morgan fingerprint density at radius 1 is 1.08 bits per heavy atom. The van der Waals surface area contributed by atoms with E-state index >= 15 is 0 Å². The zero-order valence-corrected chi connectivity index (χ0v) is 14.4. The van der Waals surface area contributed by atoms with Gasteiger partial charge in [-0.05, 0) is 48.8 Å². The fraction of sp³-hybridized carbons (Fsp3) is 0.333. The fourth-order valence-corrected chi connectivity index (χ4v) is 2.06. The summed E-state index contributed by atoms with van der Waals surface area (Å²) >= 11 is 0. The van der Waals surface area contributed by atoms with Gasteiger partial charge in [-0.1, -0.05) is 6.08 Å². The van der Waals surface area contributed by atoms with Crippen molar-refractivity contribution in [2.24, 2.45) is 0 Å². The smallest absolute Gasteiger partial charge is 0.330 e. The van der Waals surface area contributed by atoms with Gasteiger partial charge in [-0.25, -0.2) is 4.79 Å². The molecule has 0 unspecified atom stereocenters. The Balaban J connectivity index is 3.02. The first-order valence-corrected chi connectivity index (χ1v) is 7.47. The highest BCUT2D eigenvalue weighted by Crippen LogP contribution is 2.31. The van der Waals surface area contributed by atoms with Crippen molar-refractivity contribution >= 4 is 18.0 Å². The minimum absolute atomic E-state index is 0.148. The number of nitrogens with one attached hydrogen (secondary N) is 1. The van der Waals surface area contributed by atoms with Crippen LogP contribution in [0.25, 0.3) is 6.08 Å². The van der Waals surface area contributed by atoms with E-state index in [-0.39, 0.29) is 5.91 Å². The summed E-state index contributed by atoms with van der Waals surface area (Å²) in [6, 6.07) is 3.61. The highest BCUT2D eigenvalue weighted by Gasteiger charge is 2.10. The lowest BCUT2D eigenvalue weighted by Crippen LogP contribution is -2.23. The zero-order chi connectivity index (χ0) is 17.9. The molecule has 0 aliphatic heterocycles. The number of ether oxygens (including phenoxy) is 3. The molecule has 0 heterocycles. The Morgan fingerprint density at radius 2 is 1.75 bits per heavy atom. The van der Waals surface area contributed by atoms with Crippen LogP contribution in [0.4, 0.5) is 0 Å². The standard InChI is InChI=1S/C18H23NO5/c1-5-6-17(20)19-10-9-14-12-16(23-3)15(22-2)11-13(14)7-8-18(21)24-4/h5-8,11-12H,9-10H2,1-4H3,(H,19,20)/b6-5+,8-7+. The third-order valence-electron chi connectivity index (χ3n) is 3.26. The van der Waals surface area contributed by atoms with Crippen molar-refractivity contribution < 1.29 is 23.8 Å². The molecule has 24 heavy (non-hydrogen) atoms. The van der Waals surface area contributed by atoms with Gasteiger partial charge in [0.05, 0.1) is 21.3 Å². The van der Waals surface area contributed by atoms with Gasteiger partial charge in [-0.3, -0.25) is 4.79 Å². The van der Waals surface area contributed by atoms with Crippen LogP contribution < -0.4 is 14.8 Å². The lowest BCUT2D eigenvalue weighted by molar-refractivity contribution is -0.134. The Labute approximate surface area is 142 Å². The normalized spacial score (nSPS) is 10.8. The first-order valence-electron chi connectivity index (χ1n) is 7.47. The Bertz CT molecular complexity index is 635. The zero-order valence-electron chi connectivity index (χ0n) is 14.4. The van der Waals surface area contributed by atoms with Crippen molar-refractivity contribution in [2.45, 2.75) is 13.3 Å². The molecule has 130 valence electrons. The predicted octanol–water partition coefficient (Wildman–Crippen LogP) is 2.12. The van der Waals surface area contributed by atoms with Gasteiger partial charge in [0.2, 0.25) is 5.91 Å². The van der Waals surface area contributed by atoms with E-state index < -0.39 is 5.97 Å². The van der Waals surface area contributed by atoms with Gasteiger partial charge in [0, 0.05) is 12.6 Å². The molecule has 6 nitrogen and oxygen atoms in total. The molecule has 1 rings (SSSR count). The predicted molar refractivity (Wildman–Crippen MR) is 92.1 cm³/mol. The molecular weight excluding hydrogens is 310 g/mol. The average molecular weight is 333 g/mol. The molecule has 1 N–H and O–H groups in total. The van der Waals surface area contributed by atoms with Gasteiger partial charge in [0.15, 0.2) is 11.5 Å². The molecule has 0 spiro atoms. The number of amides is 1. The first kappa shape index (κ1) is 19.3. The Kier molecular flexibility index (Phi) is 8.11. The maximum absolute atomic E-state index is 11.5. The second kappa shape index (κ2) is 10.1. The quantitative estimate of drug-likeness (QED) is 0.583. The number of esters is 1. The minimum Gasteiger partial charge on any atom is -0.493 e. The third-order valence-corrected chi connectivity index (χ3v) is 3.26. The van der Waals surface area contributed by atoms with E-state index in [1.165, 1.54) is 19.3 Å². The van der Waals surface area contributed by atoms with Crippen molar-refractivity contribution in [1.82, 2.24) is 5.32 Å². The fourth-order valence-electron chi connectivity index (χ4n) is 2.06. The van der Waals surface area contributed by atoms with Gasteiger partial charge in [-0.2, -0.15) is 0 Å². The van der Waals surface area contributed by atoms with E-state index in [1.54, 1.807) is 39.4 Å². The van der Waals surface area contributed by atoms with E-state index in [2.05, 4.69) is 10.1 Å². The van der Waals surface area contributed by atoms with Crippen molar-refractivity contribution in [3.63, 3.8) is 0 Å². The van der Waals surface area contributed by atoms with Crippen molar-refractivity contribution in [3.05, 3.63) is 41.5 Å². The van der Waals surface area contributed by atoms with Gasteiger partial charge >= 0.3 is 5.97 Å². The van der Waals surface area contributed by atoms with Crippen LogP contribution in [-0.2, 0) is 20.7 Å². The summed E-state index contributed by atoms with van der Waals surface area (Å²) in [5.41, 5.74) is 1.70. The van der Waals surface area contributed by atoms with E-state index in [4.69, 9.17) is 9.47 Å². The number of carbonyl (C=O) groups is 2. The van der Waals surface area contributed by atoms with Gasteiger partial charge in [0.1, 0.15) is 0 Å². The van der Waals surface area contributed by atoms with E-state index in [0.717, 1.165) is 11.1 Å². The molecule has 0 saturated carbocycles. The van der Waals surface area contributed by atoms with Crippen LogP contribution in [0.2, 0.25) is 0 Å². The number of hydrogen-bond donors (Lipinski definition) is 1. The molecule has 0 saturated heterocycles. The summed E-state index contributed by atoms with van der Waals surface area (Å²) in [7, 11) is 4.42. The lowest BCUT2D eigenvalue weighted by Gasteiger charge is -2.13. The van der Waals surface area contributed by atoms with Crippen LogP contribution in [-0.4, -0.2) is 39.8 Å². The number of hydrogen-bond acceptors (Lipinski definition) is 5. The lowest BCUT2D eigenvalue weighted by atomic mass is 10.0. The Hall–Kier alpha value is -2.76. The van der Waals surface area contributed by atoms with Gasteiger partial charge in [-0.15, -0.1) is 0 Å². The summed E-state index contributed by atoms with van der Waals surface area (Å²) in [5, 5.41) is 2.79. The highest BCUT2D eigenvalue weighted by molar-refractivity contribution is 5.88. The minimum atomic E-state index is -0.447. The highest BCUT2D eigenvalue weighted by atomic mass is 16.5. The molecular formula is C18H23NO5. The van der Waals surface area contributed by atoms with E-state index in [0.29, 0.717) is 24.5 Å². The maximum atomic E-state index is 11.5. The number of carbonyl (C=O) groups excluding carboxylic acids is 2. The maximum Gasteiger partial charge on any atom is 0.330 e. The number of allylic oxidation sites excluding steroid dienone is 1. The largest absolute Gasteiger partial charge is 0.493 e. The SMILES string of the molecule is C/C=C/C(=O)NCCc1cc(OC)c(OC)cc1/C=C/C(=O)OC. The van der Waals surface area contributed by atoms with Crippen LogP contribution in [0.1, 0.15) is 18.1 Å². The molecule has 0 atom stereocenters. The Morgan fingerprint density at radius 3 is 2.33 bits per heavy atom. The van der Waals surface area contributed by atoms with Crippen molar-refractivity contribution in [2.75, 3.05) is 27.9 Å². The number of rotatable bonds is 8. The molecule has 0 aromatic heterocycles. The molecule has 1 amide bonds. The van der Waals surface area contributed by atoms with Gasteiger partial charge in [0.25, 0.3) is 0 Å². The number of methoxy groups -OCH3 is 3. The van der Waals surface area contributed by atoms with Crippen LogP contribution in [0.3, 0.4) is 0 Å². The van der Waals surface area contributed by atoms with Gasteiger partial charge < -0.3 is 19.5 Å². The van der Waals surface area contributed by atoms with Crippen LogP contribution in [0, 0.1) is 0 Å². The average Bonchev–Trinajstić information content (AvgIpc) is 2.59. The third kappa shape index (κ3) is 5.79. The first-order chi connectivity index (χ1) is 11.5. The van der Waals surface area contributed by atoms with Crippen LogP contribution in [0.15, 0.2) is 30.4 Å². The number of benzene rings is 1. The molecule has 0 radical (unpaired) electrons. The van der Waals surface area contributed by atoms with Crippen LogP contribution in [0.5, 0.6) is 11.5 Å². The summed E-state index contributed by atoms with van der Waals surface area (Å²) < 4.78 is 15.2. The van der Waals surface area contributed by atoms with Crippen molar-refractivity contribution in [1.29, 1.82) is 0 Å². The molecule has 0 aliphatic rings. The summed E-state index contributed by atoms with van der Waals surface area (Å²) in [6.45, 7) is 2.24. The van der Waals surface area contributed by atoms with Crippen molar-refractivity contribution in [3.8, 4) is 11.5 Å².